The Balaban J connectivity index is 2.00. The lowest BCUT2D eigenvalue weighted by atomic mass is 10.2. The van der Waals surface area contributed by atoms with Crippen LogP contribution in [-0.2, 0) is 4.79 Å². The van der Waals surface area contributed by atoms with Gasteiger partial charge in [-0.2, -0.15) is 0 Å². The van der Waals surface area contributed by atoms with Gasteiger partial charge < -0.3 is 19.3 Å². The summed E-state index contributed by atoms with van der Waals surface area (Å²) in [5, 5.41) is 0. The number of piperazine rings is 1. The smallest absolute Gasteiger partial charge is 0.263 e. The van der Waals surface area contributed by atoms with E-state index < -0.39 is 6.10 Å². The van der Waals surface area contributed by atoms with Gasteiger partial charge >= 0.3 is 0 Å². The second-order valence-electron chi connectivity index (χ2n) is 5.43. The molecule has 1 fully saturated rings. The summed E-state index contributed by atoms with van der Waals surface area (Å²) in [5.74, 6) is 1.35. The molecule has 122 valence electrons. The molecule has 1 unspecified atom stereocenters. The number of rotatable bonds is 6. The van der Waals surface area contributed by atoms with Gasteiger partial charge in [0.05, 0.1) is 7.11 Å². The van der Waals surface area contributed by atoms with Crippen LogP contribution in [0.1, 0.15) is 20.3 Å². The van der Waals surface area contributed by atoms with E-state index in [0.717, 1.165) is 32.7 Å². The van der Waals surface area contributed by atoms with Gasteiger partial charge in [0.25, 0.3) is 5.91 Å². The number of likely N-dealkylation sites (N-methyl/N-ethyl adjacent to an activating group) is 1. The number of para-hydroxylation sites is 2. The van der Waals surface area contributed by atoms with E-state index in [4.69, 9.17) is 9.47 Å². The lowest BCUT2D eigenvalue weighted by molar-refractivity contribution is -0.140. The van der Waals surface area contributed by atoms with Gasteiger partial charge in [0.15, 0.2) is 17.6 Å². The second kappa shape index (κ2) is 8.03. The average Bonchev–Trinajstić information content (AvgIpc) is 2.59. The highest BCUT2D eigenvalue weighted by Crippen LogP contribution is 2.27. The van der Waals surface area contributed by atoms with E-state index in [0.29, 0.717) is 17.9 Å². The fourth-order valence-electron chi connectivity index (χ4n) is 2.67. The van der Waals surface area contributed by atoms with Gasteiger partial charge in [0.1, 0.15) is 0 Å². The number of ether oxygens (including phenoxy) is 2. The zero-order chi connectivity index (χ0) is 15.9. The van der Waals surface area contributed by atoms with Gasteiger partial charge in [0, 0.05) is 26.2 Å². The Morgan fingerprint density at radius 1 is 1.14 bits per heavy atom. The standard InChI is InChI=1S/C17H26N2O3/c1-4-14(22-16-9-7-6-8-15(16)21-3)17(20)19-12-10-18(5-2)11-13-19/h6-9,14H,4-5,10-13H2,1-3H3. The molecule has 0 bridgehead atoms. The van der Waals surface area contributed by atoms with Crippen LogP contribution in [0, 0.1) is 0 Å². The van der Waals surface area contributed by atoms with E-state index in [-0.39, 0.29) is 5.91 Å². The maximum atomic E-state index is 12.7. The van der Waals surface area contributed by atoms with Crippen molar-refractivity contribution < 1.29 is 14.3 Å². The molecule has 2 rings (SSSR count). The van der Waals surface area contributed by atoms with E-state index in [1.54, 1.807) is 7.11 Å². The molecule has 1 aliphatic rings. The summed E-state index contributed by atoms with van der Waals surface area (Å²) in [6, 6.07) is 7.45. The van der Waals surface area contributed by atoms with Crippen molar-refractivity contribution in [2.75, 3.05) is 39.8 Å². The van der Waals surface area contributed by atoms with Crippen molar-refractivity contribution in [2.45, 2.75) is 26.4 Å². The van der Waals surface area contributed by atoms with E-state index in [9.17, 15) is 4.79 Å². The van der Waals surface area contributed by atoms with Gasteiger partial charge in [-0.3, -0.25) is 4.79 Å². The number of benzene rings is 1. The Kier molecular flexibility index (Phi) is 6.07. The largest absolute Gasteiger partial charge is 0.493 e. The SMILES string of the molecule is CCC(Oc1ccccc1OC)C(=O)N1CCN(CC)CC1. The number of carbonyl (C=O) groups excluding carboxylic acids is 1. The number of hydrogen-bond donors (Lipinski definition) is 0. The molecule has 0 spiro atoms. The first-order valence-corrected chi connectivity index (χ1v) is 8.00. The normalized spacial score (nSPS) is 17.1. The van der Waals surface area contributed by atoms with E-state index in [1.165, 1.54) is 0 Å². The summed E-state index contributed by atoms with van der Waals surface area (Å²) in [7, 11) is 1.61. The third-order valence-corrected chi connectivity index (χ3v) is 4.12. The predicted molar refractivity (Wildman–Crippen MR) is 86.4 cm³/mol. The van der Waals surface area contributed by atoms with Crippen molar-refractivity contribution in [1.29, 1.82) is 0 Å². The molecular weight excluding hydrogens is 280 g/mol. The molecule has 1 aromatic rings. The first kappa shape index (κ1) is 16.6. The third-order valence-electron chi connectivity index (χ3n) is 4.12. The molecule has 5 heteroatoms. The maximum Gasteiger partial charge on any atom is 0.263 e. The Morgan fingerprint density at radius 3 is 2.32 bits per heavy atom. The van der Waals surface area contributed by atoms with Crippen molar-refractivity contribution in [3.63, 3.8) is 0 Å². The van der Waals surface area contributed by atoms with Crippen LogP contribution in [0.15, 0.2) is 24.3 Å². The van der Waals surface area contributed by atoms with Crippen LogP contribution in [0.2, 0.25) is 0 Å². The molecule has 1 atom stereocenters. The molecule has 5 nitrogen and oxygen atoms in total. The van der Waals surface area contributed by atoms with Crippen LogP contribution < -0.4 is 9.47 Å². The minimum absolute atomic E-state index is 0.0733. The van der Waals surface area contributed by atoms with Crippen LogP contribution in [-0.4, -0.2) is 61.6 Å². The number of amides is 1. The van der Waals surface area contributed by atoms with Gasteiger partial charge in [-0.1, -0.05) is 26.0 Å². The van der Waals surface area contributed by atoms with Crippen LogP contribution in [0.4, 0.5) is 0 Å². The molecular formula is C17H26N2O3. The average molecular weight is 306 g/mol. The molecule has 22 heavy (non-hydrogen) atoms. The number of nitrogens with zero attached hydrogens (tertiary/aromatic N) is 2. The van der Waals surface area contributed by atoms with E-state index >= 15 is 0 Å². The Hall–Kier alpha value is -1.75. The van der Waals surface area contributed by atoms with E-state index in [2.05, 4.69) is 11.8 Å². The summed E-state index contributed by atoms with van der Waals surface area (Å²) in [5.41, 5.74) is 0. The van der Waals surface area contributed by atoms with Crippen LogP contribution in [0.5, 0.6) is 11.5 Å². The summed E-state index contributed by atoms with van der Waals surface area (Å²) in [4.78, 5) is 16.9. The lowest BCUT2D eigenvalue weighted by Crippen LogP contribution is -2.52. The monoisotopic (exact) mass is 306 g/mol. The Bertz CT molecular complexity index is 485. The topological polar surface area (TPSA) is 42.0 Å². The van der Waals surface area contributed by atoms with Gasteiger partial charge in [-0.15, -0.1) is 0 Å². The molecule has 0 aliphatic carbocycles. The Morgan fingerprint density at radius 2 is 1.77 bits per heavy atom. The molecule has 1 aliphatic heterocycles. The lowest BCUT2D eigenvalue weighted by Gasteiger charge is -2.35. The van der Waals surface area contributed by atoms with E-state index in [1.807, 2.05) is 36.1 Å². The Labute approximate surface area is 132 Å². The first-order valence-electron chi connectivity index (χ1n) is 8.00. The van der Waals surface area contributed by atoms with Crippen LogP contribution >= 0.6 is 0 Å². The molecule has 0 saturated carbocycles. The maximum absolute atomic E-state index is 12.7. The second-order valence-corrected chi connectivity index (χ2v) is 5.43. The number of carbonyl (C=O) groups is 1. The third kappa shape index (κ3) is 3.91. The molecule has 1 saturated heterocycles. The zero-order valence-electron chi connectivity index (χ0n) is 13.7. The predicted octanol–water partition coefficient (Wildman–Crippen LogP) is 2.02. The van der Waals surface area contributed by atoms with Crippen molar-refractivity contribution in [3.05, 3.63) is 24.3 Å². The van der Waals surface area contributed by atoms with Crippen molar-refractivity contribution in [2.24, 2.45) is 0 Å². The fourth-order valence-corrected chi connectivity index (χ4v) is 2.67. The van der Waals surface area contributed by atoms with Gasteiger partial charge in [-0.25, -0.2) is 0 Å². The summed E-state index contributed by atoms with van der Waals surface area (Å²) < 4.78 is 11.2. The minimum Gasteiger partial charge on any atom is -0.493 e. The zero-order valence-corrected chi connectivity index (χ0v) is 13.7. The first-order chi connectivity index (χ1) is 10.7. The number of hydrogen-bond acceptors (Lipinski definition) is 4. The molecule has 0 aromatic heterocycles. The van der Waals surface area contributed by atoms with Crippen molar-refractivity contribution in [3.8, 4) is 11.5 Å². The highest BCUT2D eigenvalue weighted by Gasteiger charge is 2.28. The van der Waals surface area contributed by atoms with Gasteiger partial charge in [-0.05, 0) is 25.1 Å². The summed E-state index contributed by atoms with van der Waals surface area (Å²) >= 11 is 0. The van der Waals surface area contributed by atoms with Crippen molar-refractivity contribution in [1.82, 2.24) is 9.80 Å². The highest BCUT2D eigenvalue weighted by atomic mass is 16.5. The highest BCUT2D eigenvalue weighted by molar-refractivity contribution is 5.81. The molecule has 1 aromatic carbocycles. The molecule has 1 amide bonds. The molecule has 1 heterocycles. The number of methoxy groups -OCH3 is 1. The van der Waals surface area contributed by atoms with Gasteiger partial charge in [0.2, 0.25) is 0 Å². The van der Waals surface area contributed by atoms with Crippen LogP contribution in [0.3, 0.4) is 0 Å². The van der Waals surface area contributed by atoms with Crippen LogP contribution in [0.25, 0.3) is 0 Å². The quantitative estimate of drug-likeness (QED) is 0.806. The fraction of sp³-hybridized carbons (Fsp3) is 0.588. The minimum atomic E-state index is -0.454. The van der Waals surface area contributed by atoms with Crippen molar-refractivity contribution >= 4 is 5.91 Å². The molecule has 0 N–H and O–H groups in total. The molecule has 0 radical (unpaired) electrons. The summed E-state index contributed by atoms with van der Waals surface area (Å²) in [6.07, 6.45) is 0.190. The summed E-state index contributed by atoms with van der Waals surface area (Å²) in [6.45, 7) is 8.59.